The summed E-state index contributed by atoms with van der Waals surface area (Å²) < 4.78 is 0. The second-order valence-corrected chi connectivity index (χ2v) is 5.40. The lowest BCUT2D eigenvalue weighted by atomic mass is 10.1. The molecule has 0 aliphatic rings. The second kappa shape index (κ2) is 6.04. The molecule has 1 unspecified atom stereocenters. The number of nitrogens with zero attached hydrogens (tertiary/aromatic N) is 1. The molecule has 2 amide bonds. The van der Waals surface area contributed by atoms with E-state index in [-0.39, 0.29) is 12.6 Å². The maximum Gasteiger partial charge on any atom is 0.321 e. The summed E-state index contributed by atoms with van der Waals surface area (Å²) in [6, 6.07) is 6.70. The number of nitrogens with one attached hydrogen (secondary N) is 1. The standard InChI is InChI=1S/C14H22N2O3/c1-10(17)11-5-7-12(8-6-11)15-13(18)16(4)9-14(2,3)19/h5-8,10,17,19H,9H2,1-4H3,(H,15,18). The number of carbonyl (C=O) groups excluding carboxylic acids is 1. The molecule has 0 heterocycles. The van der Waals surface area contributed by atoms with Gasteiger partial charge in [0.05, 0.1) is 18.2 Å². The van der Waals surface area contributed by atoms with Crippen LogP contribution >= 0.6 is 0 Å². The Morgan fingerprint density at radius 1 is 1.37 bits per heavy atom. The molecule has 0 saturated carbocycles. The van der Waals surface area contributed by atoms with E-state index in [2.05, 4.69) is 5.32 Å². The van der Waals surface area contributed by atoms with Crippen molar-refractivity contribution < 1.29 is 15.0 Å². The number of hydrogen-bond acceptors (Lipinski definition) is 3. The Kier molecular flexibility index (Phi) is 4.91. The smallest absolute Gasteiger partial charge is 0.321 e. The maximum atomic E-state index is 11.9. The van der Waals surface area contributed by atoms with Gasteiger partial charge in [0.1, 0.15) is 0 Å². The predicted octanol–water partition coefficient (Wildman–Crippen LogP) is 1.97. The third-order valence-corrected chi connectivity index (χ3v) is 2.62. The highest BCUT2D eigenvalue weighted by molar-refractivity contribution is 5.89. The molecule has 0 radical (unpaired) electrons. The largest absolute Gasteiger partial charge is 0.389 e. The highest BCUT2D eigenvalue weighted by Gasteiger charge is 2.19. The minimum Gasteiger partial charge on any atom is -0.389 e. The molecular formula is C14H22N2O3. The number of rotatable bonds is 4. The molecule has 1 rings (SSSR count). The molecule has 5 nitrogen and oxygen atoms in total. The SMILES string of the molecule is CC(O)c1ccc(NC(=O)N(C)CC(C)(C)O)cc1. The van der Waals surface area contributed by atoms with Crippen molar-refractivity contribution in [1.82, 2.24) is 4.90 Å². The monoisotopic (exact) mass is 266 g/mol. The van der Waals surface area contributed by atoms with Crippen LogP contribution in [0.3, 0.4) is 0 Å². The number of likely N-dealkylation sites (N-methyl/N-ethyl adjacent to an activating group) is 1. The predicted molar refractivity (Wildman–Crippen MR) is 75.0 cm³/mol. The summed E-state index contributed by atoms with van der Waals surface area (Å²) in [7, 11) is 1.62. The third-order valence-electron chi connectivity index (χ3n) is 2.62. The van der Waals surface area contributed by atoms with E-state index < -0.39 is 11.7 Å². The van der Waals surface area contributed by atoms with Gasteiger partial charge in [-0.05, 0) is 38.5 Å². The van der Waals surface area contributed by atoms with Crippen molar-refractivity contribution in [3.05, 3.63) is 29.8 Å². The molecule has 0 aliphatic heterocycles. The van der Waals surface area contributed by atoms with E-state index in [0.717, 1.165) is 5.56 Å². The molecule has 1 aromatic carbocycles. The Bertz CT molecular complexity index is 421. The Hall–Kier alpha value is -1.59. The highest BCUT2D eigenvalue weighted by Crippen LogP contribution is 2.16. The molecule has 1 atom stereocenters. The van der Waals surface area contributed by atoms with Gasteiger partial charge in [-0.25, -0.2) is 4.79 Å². The Labute approximate surface area is 113 Å². The van der Waals surface area contributed by atoms with Crippen molar-refractivity contribution in [2.45, 2.75) is 32.5 Å². The van der Waals surface area contributed by atoms with E-state index >= 15 is 0 Å². The molecule has 0 aliphatic carbocycles. The number of aliphatic hydroxyl groups excluding tert-OH is 1. The summed E-state index contributed by atoms with van der Waals surface area (Å²) in [5, 5.41) is 21.8. The fraction of sp³-hybridized carbons (Fsp3) is 0.500. The lowest BCUT2D eigenvalue weighted by Gasteiger charge is -2.25. The number of aliphatic hydroxyl groups is 2. The normalized spacial score (nSPS) is 12.9. The molecule has 0 saturated heterocycles. The number of benzene rings is 1. The van der Waals surface area contributed by atoms with Crippen LogP contribution < -0.4 is 5.32 Å². The van der Waals surface area contributed by atoms with Crippen molar-refractivity contribution in [3.63, 3.8) is 0 Å². The lowest BCUT2D eigenvalue weighted by Crippen LogP contribution is -2.41. The molecule has 1 aromatic rings. The summed E-state index contributed by atoms with van der Waals surface area (Å²) >= 11 is 0. The molecular weight excluding hydrogens is 244 g/mol. The van der Waals surface area contributed by atoms with Gasteiger partial charge >= 0.3 is 6.03 Å². The van der Waals surface area contributed by atoms with E-state index in [0.29, 0.717) is 5.69 Å². The molecule has 0 bridgehead atoms. The zero-order chi connectivity index (χ0) is 14.6. The van der Waals surface area contributed by atoms with E-state index in [1.807, 2.05) is 0 Å². The third kappa shape index (κ3) is 5.28. The Morgan fingerprint density at radius 3 is 2.32 bits per heavy atom. The molecule has 0 aromatic heterocycles. The van der Waals surface area contributed by atoms with Crippen LogP contribution in [0.2, 0.25) is 0 Å². The van der Waals surface area contributed by atoms with Crippen LogP contribution in [0.25, 0.3) is 0 Å². The number of carbonyl (C=O) groups is 1. The van der Waals surface area contributed by atoms with Gasteiger partial charge in [-0.1, -0.05) is 12.1 Å². The minimum atomic E-state index is -0.928. The number of amides is 2. The summed E-state index contributed by atoms with van der Waals surface area (Å²) in [5.74, 6) is 0. The summed E-state index contributed by atoms with van der Waals surface area (Å²) in [6.07, 6.45) is -0.525. The average molecular weight is 266 g/mol. The average Bonchev–Trinajstić information content (AvgIpc) is 2.27. The molecule has 0 spiro atoms. The van der Waals surface area contributed by atoms with Crippen molar-refractivity contribution in [2.24, 2.45) is 0 Å². The summed E-state index contributed by atoms with van der Waals surface area (Å²) in [6.45, 7) is 5.22. The van der Waals surface area contributed by atoms with Crippen LogP contribution in [0.15, 0.2) is 24.3 Å². The molecule has 3 N–H and O–H groups in total. The Morgan fingerprint density at radius 2 is 1.89 bits per heavy atom. The summed E-state index contributed by atoms with van der Waals surface area (Å²) in [5.41, 5.74) is 0.516. The van der Waals surface area contributed by atoms with Crippen molar-refractivity contribution in [1.29, 1.82) is 0 Å². The maximum absolute atomic E-state index is 11.9. The van der Waals surface area contributed by atoms with E-state index in [1.54, 1.807) is 52.1 Å². The lowest BCUT2D eigenvalue weighted by molar-refractivity contribution is 0.0550. The Balaban J connectivity index is 2.61. The number of anilines is 1. The van der Waals surface area contributed by atoms with Gasteiger partial charge in [-0.3, -0.25) is 0 Å². The van der Waals surface area contributed by atoms with Gasteiger partial charge in [0.15, 0.2) is 0 Å². The van der Waals surface area contributed by atoms with Crippen LogP contribution in [-0.2, 0) is 0 Å². The van der Waals surface area contributed by atoms with Crippen LogP contribution in [0.4, 0.5) is 10.5 Å². The van der Waals surface area contributed by atoms with Crippen LogP contribution in [-0.4, -0.2) is 40.3 Å². The first-order valence-electron chi connectivity index (χ1n) is 6.21. The first kappa shape index (κ1) is 15.5. The molecule has 5 heteroatoms. The van der Waals surface area contributed by atoms with Crippen LogP contribution in [0.1, 0.15) is 32.4 Å². The molecule has 19 heavy (non-hydrogen) atoms. The summed E-state index contributed by atoms with van der Waals surface area (Å²) in [4.78, 5) is 13.3. The van der Waals surface area contributed by atoms with Crippen LogP contribution in [0.5, 0.6) is 0 Å². The van der Waals surface area contributed by atoms with Crippen molar-refractivity contribution in [3.8, 4) is 0 Å². The van der Waals surface area contributed by atoms with Crippen molar-refractivity contribution in [2.75, 3.05) is 18.9 Å². The minimum absolute atomic E-state index is 0.241. The highest BCUT2D eigenvalue weighted by atomic mass is 16.3. The van der Waals surface area contributed by atoms with E-state index in [9.17, 15) is 15.0 Å². The number of hydrogen-bond donors (Lipinski definition) is 3. The topological polar surface area (TPSA) is 72.8 Å². The number of urea groups is 1. The van der Waals surface area contributed by atoms with Gasteiger partial charge < -0.3 is 20.4 Å². The second-order valence-electron chi connectivity index (χ2n) is 5.40. The quantitative estimate of drug-likeness (QED) is 0.780. The fourth-order valence-corrected chi connectivity index (χ4v) is 1.72. The zero-order valence-corrected chi connectivity index (χ0v) is 11.8. The zero-order valence-electron chi connectivity index (χ0n) is 11.8. The van der Waals surface area contributed by atoms with Crippen molar-refractivity contribution >= 4 is 11.7 Å². The van der Waals surface area contributed by atoms with Gasteiger partial charge in [0.25, 0.3) is 0 Å². The molecule has 106 valence electrons. The van der Waals surface area contributed by atoms with Gasteiger partial charge in [-0.2, -0.15) is 0 Å². The molecule has 0 fully saturated rings. The van der Waals surface area contributed by atoms with Crippen LogP contribution in [0, 0.1) is 0 Å². The van der Waals surface area contributed by atoms with Gasteiger partial charge in [0, 0.05) is 12.7 Å². The van der Waals surface area contributed by atoms with E-state index in [4.69, 9.17) is 0 Å². The van der Waals surface area contributed by atoms with Gasteiger partial charge in [0.2, 0.25) is 0 Å². The van der Waals surface area contributed by atoms with E-state index in [1.165, 1.54) is 4.90 Å². The van der Waals surface area contributed by atoms with Gasteiger partial charge in [-0.15, -0.1) is 0 Å². The fourth-order valence-electron chi connectivity index (χ4n) is 1.72. The first-order chi connectivity index (χ1) is 8.69. The first-order valence-corrected chi connectivity index (χ1v) is 6.21.